The summed E-state index contributed by atoms with van der Waals surface area (Å²) in [4.78, 5) is 14.0. The van der Waals surface area contributed by atoms with E-state index in [4.69, 9.17) is 10.5 Å². The van der Waals surface area contributed by atoms with Gasteiger partial charge in [0.05, 0.1) is 11.4 Å². The number of rotatable bonds is 3. The number of aromatic nitrogens is 2. The quantitative estimate of drug-likeness (QED) is 0.833. The van der Waals surface area contributed by atoms with Gasteiger partial charge in [0, 0.05) is 26.3 Å². The number of nitrogens with two attached hydrogens (primary N) is 1. The van der Waals surface area contributed by atoms with Gasteiger partial charge < -0.3 is 15.4 Å². The predicted octanol–water partition coefficient (Wildman–Crippen LogP) is 0.805. The first-order chi connectivity index (χ1) is 8.65. The molecule has 1 amide bonds. The summed E-state index contributed by atoms with van der Waals surface area (Å²) in [6.45, 7) is 3.39. The van der Waals surface area contributed by atoms with E-state index in [1.54, 1.807) is 11.9 Å². The number of hydrogen-bond acceptors (Lipinski definition) is 4. The van der Waals surface area contributed by atoms with Gasteiger partial charge in [-0.05, 0) is 19.3 Å². The van der Waals surface area contributed by atoms with Crippen LogP contribution in [0.1, 0.15) is 35.9 Å². The molecule has 6 heteroatoms. The Labute approximate surface area is 106 Å². The lowest BCUT2D eigenvalue weighted by Crippen LogP contribution is -2.41. The monoisotopic (exact) mass is 252 g/mol. The van der Waals surface area contributed by atoms with E-state index in [1.807, 2.05) is 6.92 Å². The summed E-state index contributed by atoms with van der Waals surface area (Å²) >= 11 is 0. The van der Waals surface area contributed by atoms with Crippen LogP contribution in [0.4, 0.5) is 5.69 Å². The number of nitrogens with zero attached hydrogens (tertiary/aromatic N) is 2. The van der Waals surface area contributed by atoms with Crippen LogP contribution in [-0.2, 0) is 11.2 Å². The van der Waals surface area contributed by atoms with Crippen molar-refractivity contribution >= 4 is 11.6 Å². The third-order valence-corrected chi connectivity index (χ3v) is 3.50. The highest BCUT2D eigenvalue weighted by Crippen LogP contribution is 2.19. The largest absolute Gasteiger partial charge is 0.395 e. The second-order valence-electron chi connectivity index (χ2n) is 4.58. The molecule has 6 nitrogen and oxygen atoms in total. The van der Waals surface area contributed by atoms with Crippen molar-refractivity contribution in [1.82, 2.24) is 15.1 Å². The van der Waals surface area contributed by atoms with E-state index in [-0.39, 0.29) is 11.9 Å². The first kappa shape index (κ1) is 12.9. The van der Waals surface area contributed by atoms with Gasteiger partial charge in [0.1, 0.15) is 0 Å². The average Bonchev–Trinajstić information content (AvgIpc) is 2.79. The highest BCUT2D eigenvalue weighted by molar-refractivity contribution is 5.97. The Hall–Kier alpha value is -1.56. The van der Waals surface area contributed by atoms with E-state index in [0.717, 1.165) is 25.0 Å². The molecule has 1 aromatic rings. The lowest BCUT2D eigenvalue weighted by Gasteiger charge is -2.30. The van der Waals surface area contributed by atoms with Crippen LogP contribution in [0.3, 0.4) is 0 Å². The number of nitrogen functional groups attached to an aromatic ring is 1. The predicted molar refractivity (Wildman–Crippen MR) is 68.3 cm³/mol. The van der Waals surface area contributed by atoms with E-state index in [2.05, 4.69) is 10.2 Å². The summed E-state index contributed by atoms with van der Waals surface area (Å²) in [5.74, 6) is -0.115. The zero-order valence-corrected chi connectivity index (χ0v) is 10.9. The van der Waals surface area contributed by atoms with Gasteiger partial charge in [-0.25, -0.2) is 0 Å². The van der Waals surface area contributed by atoms with Gasteiger partial charge in [-0.1, -0.05) is 6.92 Å². The lowest BCUT2D eigenvalue weighted by molar-refractivity contribution is 0.0359. The number of hydrogen-bond donors (Lipinski definition) is 2. The minimum atomic E-state index is -0.115. The number of carbonyl (C=O) groups excluding carboxylic acids is 1. The van der Waals surface area contributed by atoms with Gasteiger partial charge in [0.2, 0.25) is 0 Å². The number of anilines is 1. The molecule has 0 aliphatic carbocycles. The Morgan fingerprint density at radius 3 is 2.78 bits per heavy atom. The van der Waals surface area contributed by atoms with Crippen LogP contribution >= 0.6 is 0 Å². The van der Waals surface area contributed by atoms with Crippen LogP contribution in [0.15, 0.2) is 0 Å². The maximum Gasteiger partial charge on any atom is 0.276 e. The summed E-state index contributed by atoms with van der Waals surface area (Å²) in [6, 6.07) is 0.215. The van der Waals surface area contributed by atoms with Crippen molar-refractivity contribution in [1.29, 1.82) is 0 Å². The molecule has 1 saturated heterocycles. The van der Waals surface area contributed by atoms with Crippen molar-refractivity contribution in [3.8, 4) is 0 Å². The van der Waals surface area contributed by atoms with Crippen molar-refractivity contribution in [2.45, 2.75) is 32.2 Å². The van der Waals surface area contributed by atoms with Crippen molar-refractivity contribution < 1.29 is 9.53 Å². The van der Waals surface area contributed by atoms with Gasteiger partial charge >= 0.3 is 0 Å². The van der Waals surface area contributed by atoms with Gasteiger partial charge in [-0.3, -0.25) is 9.89 Å². The maximum atomic E-state index is 12.3. The van der Waals surface area contributed by atoms with Crippen LogP contribution in [0.5, 0.6) is 0 Å². The standard InChI is InChI=1S/C12H20N4O2/c1-3-9-10(13)11(15-14-9)12(17)16(2)8-4-6-18-7-5-8/h8H,3-7,13H2,1-2H3,(H,14,15). The van der Waals surface area contributed by atoms with Crippen molar-refractivity contribution in [3.05, 3.63) is 11.4 Å². The van der Waals surface area contributed by atoms with E-state index < -0.39 is 0 Å². The van der Waals surface area contributed by atoms with E-state index in [1.165, 1.54) is 0 Å². The molecule has 1 aromatic heterocycles. The molecule has 2 rings (SSSR count). The number of nitrogens with one attached hydrogen (secondary N) is 1. The molecule has 0 unspecified atom stereocenters. The summed E-state index contributed by atoms with van der Waals surface area (Å²) < 4.78 is 5.30. The number of amides is 1. The zero-order valence-electron chi connectivity index (χ0n) is 10.9. The molecule has 1 fully saturated rings. The Kier molecular flexibility index (Phi) is 3.86. The van der Waals surface area contributed by atoms with E-state index in [0.29, 0.717) is 24.6 Å². The molecule has 100 valence electrons. The fourth-order valence-electron chi connectivity index (χ4n) is 2.22. The molecule has 0 spiro atoms. The summed E-state index contributed by atoms with van der Waals surface area (Å²) in [5.41, 5.74) is 7.54. The van der Waals surface area contributed by atoms with Crippen LogP contribution in [0.2, 0.25) is 0 Å². The molecule has 0 bridgehead atoms. The van der Waals surface area contributed by atoms with Crippen LogP contribution in [0, 0.1) is 0 Å². The fourth-order valence-corrected chi connectivity index (χ4v) is 2.22. The number of carbonyl (C=O) groups is 1. The third kappa shape index (κ3) is 2.33. The van der Waals surface area contributed by atoms with Gasteiger partial charge in [0.15, 0.2) is 5.69 Å². The van der Waals surface area contributed by atoms with Gasteiger partial charge in [-0.15, -0.1) is 0 Å². The van der Waals surface area contributed by atoms with Gasteiger partial charge in [0.25, 0.3) is 5.91 Å². The van der Waals surface area contributed by atoms with Gasteiger partial charge in [-0.2, -0.15) is 5.10 Å². The molecule has 0 atom stereocenters. The first-order valence-electron chi connectivity index (χ1n) is 6.32. The zero-order chi connectivity index (χ0) is 13.1. The molecular weight excluding hydrogens is 232 g/mol. The number of aryl methyl sites for hydroxylation is 1. The highest BCUT2D eigenvalue weighted by atomic mass is 16.5. The smallest absolute Gasteiger partial charge is 0.276 e. The molecule has 2 heterocycles. The number of H-pyrrole nitrogens is 1. The Morgan fingerprint density at radius 2 is 2.22 bits per heavy atom. The highest BCUT2D eigenvalue weighted by Gasteiger charge is 2.26. The average molecular weight is 252 g/mol. The SMILES string of the molecule is CCc1[nH]nc(C(=O)N(C)C2CCOCC2)c1N. The first-order valence-corrected chi connectivity index (χ1v) is 6.32. The van der Waals surface area contributed by atoms with E-state index >= 15 is 0 Å². The molecule has 3 N–H and O–H groups in total. The second-order valence-corrected chi connectivity index (χ2v) is 4.58. The van der Waals surface area contributed by atoms with Crippen LogP contribution in [-0.4, -0.2) is 47.3 Å². The molecule has 18 heavy (non-hydrogen) atoms. The van der Waals surface area contributed by atoms with Crippen LogP contribution < -0.4 is 5.73 Å². The molecular formula is C12H20N4O2. The molecule has 1 aliphatic rings. The molecule has 0 aromatic carbocycles. The summed E-state index contributed by atoms with van der Waals surface area (Å²) in [7, 11) is 1.80. The van der Waals surface area contributed by atoms with Crippen LogP contribution in [0.25, 0.3) is 0 Å². The molecule has 0 saturated carbocycles. The Morgan fingerprint density at radius 1 is 1.56 bits per heavy atom. The maximum absolute atomic E-state index is 12.3. The number of aromatic amines is 1. The second kappa shape index (κ2) is 5.39. The minimum absolute atomic E-state index is 0.115. The van der Waals surface area contributed by atoms with Crippen molar-refractivity contribution in [2.24, 2.45) is 0 Å². The Bertz CT molecular complexity index is 424. The van der Waals surface area contributed by atoms with Crippen molar-refractivity contribution in [2.75, 3.05) is 26.0 Å². The molecule has 1 aliphatic heterocycles. The molecule has 0 radical (unpaired) electrons. The normalized spacial score (nSPS) is 16.8. The van der Waals surface area contributed by atoms with Crippen molar-refractivity contribution in [3.63, 3.8) is 0 Å². The summed E-state index contributed by atoms with van der Waals surface area (Å²) in [6.07, 6.45) is 2.48. The number of ether oxygens (including phenoxy) is 1. The fraction of sp³-hybridized carbons (Fsp3) is 0.667. The third-order valence-electron chi connectivity index (χ3n) is 3.50. The summed E-state index contributed by atoms with van der Waals surface area (Å²) in [5, 5.41) is 6.85. The van der Waals surface area contributed by atoms with E-state index in [9.17, 15) is 4.79 Å². The minimum Gasteiger partial charge on any atom is -0.395 e. The lowest BCUT2D eigenvalue weighted by atomic mass is 10.1. The topological polar surface area (TPSA) is 84.2 Å². The Balaban J connectivity index is 2.11.